The highest BCUT2D eigenvalue weighted by atomic mass is 33.1. The van der Waals surface area contributed by atoms with Crippen molar-refractivity contribution >= 4 is 33.8 Å². The molecule has 0 saturated heterocycles. The third kappa shape index (κ3) is 23.0. The molecule has 3 nitrogen and oxygen atoms in total. The Bertz CT molecular complexity index is 518. The van der Waals surface area contributed by atoms with Gasteiger partial charge in [0, 0.05) is 23.0 Å². The summed E-state index contributed by atoms with van der Waals surface area (Å²) >= 11 is 0. The summed E-state index contributed by atoms with van der Waals surface area (Å²) < 4.78 is 0.256. The van der Waals surface area contributed by atoms with Gasteiger partial charge in [0.15, 0.2) is 0 Å². The Kier molecular flexibility index (Phi) is 17.8. The van der Waals surface area contributed by atoms with Crippen molar-refractivity contribution in [1.82, 2.24) is 5.32 Å². The third-order valence-corrected chi connectivity index (χ3v) is 8.31. The maximum Gasteiger partial charge on any atom is 0.206 e. The van der Waals surface area contributed by atoms with Crippen LogP contribution in [0.1, 0.15) is 123 Å². The van der Waals surface area contributed by atoms with Crippen LogP contribution in [0.3, 0.4) is 0 Å². The first-order chi connectivity index (χ1) is 14.1. The largest absolute Gasteiger partial charge is 0.362 e. The van der Waals surface area contributed by atoms with Crippen LogP contribution >= 0.6 is 21.6 Å². The van der Waals surface area contributed by atoms with E-state index in [1.807, 2.05) is 21.6 Å². The predicted octanol–water partition coefficient (Wildman–Crippen LogP) is 8.81. The Hall–Kier alpha value is -0.160. The van der Waals surface area contributed by atoms with E-state index in [1.165, 1.54) is 19.3 Å². The van der Waals surface area contributed by atoms with E-state index in [0.29, 0.717) is 23.0 Å². The summed E-state index contributed by atoms with van der Waals surface area (Å²) in [5.41, 5.74) is 0.669. The Morgan fingerprint density at radius 1 is 0.812 bits per heavy atom. The van der Waals surface area contributed by atoms with Crippen molar-refractivity contribution in [2.24, 2.45) is 21.7 Å². The molecule has 0 aliphatic rings. The van der Waals surface area contributed by atoms with E-state index in [9.17, 15) is 4.79 Å². The fraction of sp³-hybridized carbons (Fsp3) is 0.926. The number of ketones is 1. The van der Waals surface area contributed by atoms with Gasteiger partial charge in [0.1, 0.15) is 5.78 Å². The number of nitrogens with one attached hydrogen (secondary N) is 1. The van der Waals surface area contributed by atoms with Gasteiger partial charge in [-0.05, 0) is 56.3 Å². The van der Waals surface area contributed by atoms with Crippen LogP contribution in [0, 0.1) is 21.7 Å². The van der Waals surface area contributed by atoms with Crippen LogP contribution in [-0.4, -0.2) is 29.7 Å². The molecule has 1 amide bonds. The summed E-state index contributed by atoms with van der Waals surface area (Å²) in [6, 6.07) is 0. The zero-order chi connectivity index (χ0) is 26.4. The Morgan fingerprint density at radius 3 is 1.53 bits per heavy atom. The summed E-state index contributed by atoms with van der Waals surface area (Å²) in [6.45, 7) is 31.3. The minimum absolute atomic E-state index is 0.170. The van der Waals surface area contributed by atoms with Gasteiger partial charge in [0.2, 0.25) is 6.41 Å². The van der Waals surface area contributed by atoms with Gasteiger partial charge in [-0.1, -0.05) is 104 Å². The lowest BCUT2D eigenvalue weighted by atomic mass is 9.72. The fourth-order valence-corrected chi connectivity index (χ4v) is 7.92. The molecule has 0 aromatic rings. The molecule has 0 bridgehead atoms. The summed E-state index contributed by atoms with van der Waals surface area (Å²) in [7, 11) is 5.57. The van der Waals surface area contributed by atoms with E-state index >= 15 is 0 Å². The number of rotatable bonds is 11. The lowest BCUT2D eigenvalue weighted by molar-refractivity contribution is -0.126. The minimum Gasteiger partial charge on any atom is -0.362 e. The highest BCUT2D eigenvalue weighted by molar-refractivity contribution is 8.77. The molecule has 1 N–H and O–H groups in total. The molecule has 5 heteroatoms. The van der Waals surface area contributed by atoms with E-state index in [0.717, 1.165) is 12.2 Å². The van der Waals surface area contributed by atoms with Crippen LogP contribution in [0.15, 0.2) is 0 Å². The van der Waals surface area contributed by atoms with Gasteiger partial charge in [-0.2, -0.15) is 0 Å². The highest BCUT2D eigenvalue weighted by Crippen LogP contribution is 2.48. The van der Waals surface area contributed by atoms with E-state index in [4.69, 9.17) is 4.79 Å². The second-order valence-corrected chi connectivity index (χ2v) is 16.1. The predicted molar refractivity (Wildman–Crippen MR) is 151 cm³/mol. The Morgan fingerprint density at radius 2 is 1.22 bits per heavy atom. The molecule has 0 aliphatic heterocycles. The number of Topliss-reactive ketones (excluding diaryl/α,β-unsaturated/α-hetero) is 1. The molecule has 0 aliphatic carbocycles. The number of amides is 1. The van der Waals surface area contributed by atoms with Crippen molar-refractivity contribution in [1.29, 1.82) is 0 Å². The smallest absolute Gasteiger partial charge is 0.206 e. The quantitative estimate of drug-likeness (QED) is 0.232. The van der Waals surface area contributed by atoms with Crippen LogP contribution in [0.25, 0.3) is 0 Å². The Balaban J connectivity index is -0.00000105. The summed E-state index contributed by atoms with van der Waals surface area (Å²) in [6.07, 6.45) is 5.28. The molecular formula is C27H57NO2S2. The van der Waals surface area contributed by atoms with Gasteiger partial charge in [0.05, 0.1) is 0 Å². The van der Waals surface area contributed by atoms with Crippen molar-refractivity contribution in [2.75, 3.05) is 12.8 Å². The monoisotopic (exact) mass is 491 g/mol. The van der Waals surface area contributed by atoms with Gasteiger partial charge in [0.25, 0.3) is 0 Å². The fourth-order valence-electron chi connectivity index (χ4n) is 4.40. The molecule has 0 radical (unpaired) electrons. The molecular weight excluding hydrogens is 434 g/mol. The van der Waals surface area contributed by atoms with E-state index < -0.39 is 0 Å². The van der Waals surface area contributed by atoms with Crippen LogP contribution in [-0.2, 0) is 9.59 Å². The zero-order valence-electron chi connectivity index (χ0n) is 24.2. The molecule has 194 valence electrons. The first kappa shape index (κ1) is 36.4. The third-order valence-electron chi connectivity index (χ3n) is 4.64. The van der Waals surface area contributed by atoms with Gasteiger partial charge in [-0.25, -0.2) is 0 Å². The van der Waals surface area contributed by atoms with E-state index in [2.05, 4.69) is 95.3 Å². The molecule has 32 heavy (non-hydrogen) atoms. The Labute approximate surface area is 210 Å². The van der Waals surface area contributed by atoms with Gasteiger partial charge in [-0.3, -0.25) is 9.59 Å². The van der Waals surface area contributed by atoms with Crippen molar-refractivity contribution in [2.45, 2.75) is 127 Å². The van der Waals surface area contributed by atoms with Gasteiger partial charge >= 0.3 is 0 Å². The van der Waals surface area contributed by atoms with Crippen LogP contribution in [0.4, 0.5) is 0 Å². The average Bonchev–Trinajstić information content (AvgIpc) is 2.50. The molecule has 0 unspecified atom stereocenters. The minimum atomic E-state index is -0.223. The molecule has 0 spiro atoms. The lowest BCUT2D eigenvalue weighted by Crippen LogP contribution is -2.31. The normalized spacial score (nSPS) is 12.7. The van der Waals surface area contributed by atoms with Crippen molar-refractivity contribution < 1.29 is 9.59 Å². The molecule has 0 fully saturated rings. The second kappa shape index (κ2) is 15.7. The SMILES string of the molecule is CC(=O)C(C)(C)CC(C)(C)CSSC(C)(C)CC(C)(C)CC(C)(C)C.CCC.CNC=O. The maximum atomic E-state index is 11.8. The van der Waals surface area contributed by atoms with Crippen molar-refractivity contribution in [3.05, 3.63) is 0 Å². The van der Waals surface area contributed by atoms with E-state index in [1.54, 1.807) is 14.0 Å². The number of hydrogen-bond acceptors (Lipinski definition) is 4. The van der Waals surface area contributed by atoms with Gasteiger partial charge in [-0.15, -0.1) is 0 Å². The van der Waals surface area contributed by atoms with Gasteiger partial charge < -0.3 is 5.32 Å². The van der Waals surface area contributed by atoms with E-state index in [-0.39, 0.29) is 15.6 Å². The standard InChI is InChI=1S/C22H44OS2.C3H8.C2H5NO/c1-17(23)21(9,10)14-20(7,8)16-24-25-22(11,12)15-19(5,6)13-18(2,3)4;1-3-2;1-3-2-4/h13-16H2,1-12H3;3H2,1-2H3;2H,1H3,(H,3,4). The first-order valence-electron chi connectivity index (χ1n) is 12.0. The van der Waals surface area contributed by atoms with Crippen molar-refractivity contribution in [3.63, 3.8) is 0 Å². The molecule has 0 aromatic heterocycles. The number of carbonyl (C=O) groups is 2. The van der Waals surface area contributed by atoms with Crippen molar-refractivity contribution in [3.8, 4) is 0 Å². The molecule has 0 aromatic carbocycles. The first-order valence-corrected chi connectivity index (χ1v) is 14.3. The zero-order valence-corrected chi connectivity index (χ0v) is 25.9. The van der Waals surface area contributed by atoms with Crippen LogP contribution < -0.4 is 5.32 Å². The molecule has 0 saturated carbocycles. The molecule has 0 rings (SSSR count). The molecule has 0 heterocycles. The second-order valence-electron chi connectivity index (χ2n) is 13.1. The number of carbonyl (C=O) groups excluding carboxylic acids is 2. The summed E-state index contributed by atoms with van der Waals surface area (Å²) in [5.74, 6) is 1.37. The molecule has 0 atom stereocenters. The average molecular weight is 492 g/mol. The number of hydrogen-bond donors (Lipinski definition) is 1. The summed E-state index contributed by atoms with van der Waals surface area (Å²) in [5, 5.41) is 2.25. The lowest BCUT2D eigenvalue weighted by Gasteiger charge is -2.39. The highest BCUT2D eigenvalue weighted by Gasteiger charge is 2.35. The van der Waals surface area contributed by atoms with Crippen LogP contribution in [0.2, 0.25) is 0 Å². The maximum absolute atomic E-state index is 11.8. The summed E-state index contributed by atoms with van der Waals surface area (Å²) in [4.78, 5) is 20.9. The topological polar surface area (TPSA) is 46.2 Å². The van der Waals surface area contributed by atoms with Crippen LogP contribution in [0.5, 0.6) is 0 Å².